The van der Waals surface area contributed by atoms with Gasteiger partial charge in [-0.2, -0.15) is 0 Å². The molecule has 4 nitrogen and oxygen atoms in total. The molecule has 1 unspecified atom stereocenters. The van der Waals surface area contributed by atoms with Gasteiger partial charge in [-0.15, -0.1) is 0 Å². The zero-order valence-corrected chi connectivity index (χ0v) is 12.8. The van der Waals surface area contributed by atoms with Gasteiger partial charge in [0.15, 0.2) is 11.5 Å². The lowest BCUT2D eigenvalue weighted by Gasteiger charge is -2.21. The van der Waals surface area contributed by atoms with E-state index in [1.165, 1.54) is 20.3 Å². The number of benzene rings is 1. The summed E-state index contributed by atoms with van der Waals surface area (Å²) >= 11 is 3.22. The van der Waals surface area contributed by atoms with Gasteiger partial charge < -0.3 is 14.2 Å². The number of alkyl halides is 1. The molecule has 0 aliphatic heterocycles. The number of halogens is 2. The molecule has 106 valence electrons. The predicted molar refractivity (Wildman–Crippen MR) is 72.3 cm³/mol. The molecule has 1 aromatic carbocycles. The molecule has 19 heavy (non-hydrogen) atoms. The van der Waals surface area contributed by atoms with E-state index in [2.05, 4.69) is 15.9 Å². The smallest absolute Gasteiger partial charge is 0.348 e. The van der Waals surface area contributed by atoms with Crippen molar-refractivity contribution in [1.29, 1.82) is 0 Å². The Morgan fingerprint density at radius 1 is 1.32 bits per heavy atom. The minimum Gasteiger partial charge on any atom is -0.493 e. The second kappa shape index (κ2) is 6.23. The Balaban J connectivity index is 3.30. The summed E-state index contributed by atoms with van der Waals surface area (Å²) in [6, 6.07) is 2.96. The van der Waals surface area contributed by atoms with Crippen LogP contribution >= 0.6 is 15.9 Å². The molecule has 0 saturated carbocycles. The van der Waals surface area contributed by atoms with Gasteiger partial charge in [-0.1, -0.05) is 15.9 Å². The number of ether oxygens (including phenoxy) is 3. The molecule has 0 N–H and O–H groups in total. The van der Waals surface area contributed by atoms with Crippen molar-refractivity contribution in [2.75, 3.05) is 20.8 Å². The van der Waals surface area contributed by atoms with E-state index in [0.717, 1.165) is 6.92 Å². The van der Waals surface area contributed by atoms with Crippen LogP contribution in [0, 0.1) is 0 Å². The Kier molecular flexibility index (Phi) is 5.17. The number of hydrogen-bond acceptors (Lipinski definition) is 4. The van der Waals surface area contributed by atoms with Crippen LogP contribution in [0.2, 0.25) is 0 Å². The van der Waals surface area contributed by atoms with E-state index in [-0.39, 0.29) is 12.2 Å². The minimum atomic E-state index is -2.27. The molecule has 0 bridgehead atoms. The van der Waals surface area contributed by atoms with E-state index in [1.54, 1.807) is 13.0 Å². The quantitative estimate of drug-likeness (QED) is 0.775. The van der Waals surface area contributed by atoms with Gasteiger partial charge in [0, 0.05) is 10.0 Å². The summed E-state index contributed by atoms with van der Waals surface area (Å²) < 4.78 is 30.0. The van der Waals surface area contributed by atoms with Crippen molar-refractivity contribution in [3.8, 4) is 11.5 Å². The fraction of sp³-hybridized carbons (Fsp3) is 0.462. The first-order valence-corrected chi connectivity index (χ1v) is 6.45. The largest absolute Gasteiger partial charge is 0.493 e. The van der Waals surface area contributed by atoms with E-state index in [9.17, 15) is 9.18 Å². The van der Waals surface area contributed by atoms with E-state index in [4.69, 9.17) is 14.2 Å². The van der Waals surface area contributed by atoms with Gasteiger partial charge in [-0.3, -0.25) is 0 Å². The molecule has 0 aromatic heterocycles. The molecular weight excluding hydrogens is 319 g/mol. The van der Waals surface area contributed by atoms with Crippen molar-refractivity contribution < 1.29 is 23.4 Å². The van der Waals surface area contributed by atoms with Crippen LogP contribution in [0.3, 0.4) is 0 Å². The lowest BCUT2D eigenvalue weighted by Crippen LogP contribution is -2.30. The molecule has 0 fully saturated rings. The molecular formula is C13H16BrFO4. The molecule has 1 atom stereocenters. The highest BCUT2D eigenvalue weighted by Crippen LogP contribution is 2.40. The van der Waals surface area contributed by atoms with Crippen LogP contribution in [0.25, 0.3) is 0 Å². The summed E-state index contributed by atoms with van der Waals surface area (Å²) in [5, 5.41) is 0. The van der Waals surface area contributed by atoms with Crippen LogP contribution < -0.4 is 9.47 Å². The highest BCUT2D eigenvalue weighted by Gasteiger charge is 2.39. The molecule has 0 aliphatic rings. The summed E-state index contributed by atoms with van der Waals surface area (Å²) in [5.41, 5.74) is -2.14. The third kappa shape index (κ3) is 3.18. The highest BCUT2D eigenvalue weighted by molar-refractivity contribution is 9.10. The fourth-order valence-electron chi connectivity index (χ4n) is 1.59. The summed E-state index contributed by atoms with van der Waals surface area (Å²) in [5.74, 6) is -0.158. The van der Waals surface area contributed by atoms with E-state index >= 15 is 0 Å². The molecule has 0 radical (unpaired) electrons. The van der Waals surface area contributed by atoms with Gasteiger partial charge in [0.05, 0.1) is 20.8 Å². The van der Waals surface area contributed by atoms with Crippen molar-refractivity contribution in [2.45, 2.75) is 19.5 Å². The summed E-state index contributed by atoms with van der Waals surface area (Å²) in [6.45, 7) is 2.89. The number of carbonyl (C=O) groups is 1. The van der Waals surface area contributed by atoms with E-state index < -0.39 is 11.6 Å². The summed E-state index contributed by atoms with van der Waals surface area (Å²) in [4.78, 5) is 11.7. The van der Waals surface area contributed by atoms with Gasteiger partial charge in [-0.25, -0.2) is 9.18 Å². The second-order valence-corrected chi connectivity index (χ2v) is 4.76. The Morgan fingerprint density at radius 3 is 2.32 bits per heavy atom. The monoisotopic (exact) mass is 334 g/mol. The van der Waals surface area contributed by atoms with Gasteiger partial charge in [-0.05, 0) is 26.0 Å². The molecule has 0 saturated heterocycles. The first-order valence-electron chi connectivity index (χ1n) is 5.66. The SMILES string of the molecule is CCOC(=O)C(C)(F)c1cc(OC)c(OC)cc1Br. The maximum absolute atomic E-state index is 14.6. The van der Waals surface area contributed by atoms with Gasteiger partial charge in [0.1, 0.15) is 0 Å². The lowest BCUT2D eigenvalue weighted by molar-refractivity contribution is -0.156. The standard InChI is InChI=1S/C13H16BrFO4/c1-5-19-12(16)13(2,15)8-6-10(17-3)11(18-4)7-9(8)14/h6-7H,5H2,1-4H3. The third-order valence-electron chi connectivity index (χ3n) is 2.64. The Morgan fingerprint density at radius 2 is 1.84 bits per heavy atom. The minimum absolute atomic E-state index is 0.114. The average Bonchev–Trinajstić information content (AvgIpc) is 2.38. The Labute approximate surface area is 120 Å². The molecule has 0 amide bonds. The molecule has 1 rings (SSSR count). The number of esters is 1. The van der Waals surface area contributed by atoms with E-state index in [0.29, 0.717) is 16.0 Å². The maximum atomic E-state index is 14.6. The molecule has 0 spiro atoms. The predicted octanol–water partition coefficient (Wildman–Crippen LogP) is 3.21. The van der Waals surface area contributed by atoms with Gasteiger partial charge in [0.2, 0.25) is 5.67 Å². The number of rotatable bonds is 5. The summed E-state index contributed by atoms with van der Waals surface area (Å²) in [6.07, 6.45) is 0. The van der Waals surface area contributed by atoms with E-state index in [1.807, 2.05) is 0 Å². The normalized spacial score (nSPS) is 13.6. The van der Waals surface area contributed by atoms with Crippen molar-refractivity contribution in [3.05, 3.63) is 22.2 Å². The fourth-order valence-corrected chi connectivity index (χ4v) is 2.29. The number of carbonyl (C=O) groups excluding carboxylic acids is 1. The van der Waals surface area contributed by atoms with Crippen molar-refractivity contribution in [1.82, 2.24) is 0 Å². The molecule has 0 heterocycles. The van der Waals surface area contributed by atoms with Crippen LogP contribution in [-0.4, -0.2) is 26.8 Å². The van der Waals surface area contributed by atoms with Crippen LogP contribution in [-0.2, 0) is 15.2 Å². The van der Waals surface area contributed by atoms with Crippen LogP contribution in [0.15, 0.2) is 16.6 Å². The second-order valence-electron chi connectivity index (χ2n) is 3.91. The topological polar surface area (TPSA) is 44.8 Å². The molecule has 6 heteroatoms. The zero-order chi connectivity index (χ0) is 14.6. The maximum Gasteiger partial charge on any atom is 0.348 e. The summed E-state index contributed by atoms with van der Waals surface area (Å²) in [7, 11) is 2.92. The number of methoxy groups -OCH3 is 2. The molecule has 0 aliphatic carbocycles. The first-order chi connectivity index (χ1) is 8.88. The van der Waals surface area contributed by atoms with Crippen molar-refractivity contribution in [3.63, 3.8) is 0 Å². The molecule has 1 aromatic rings. The van der Waals surface area contributed by atoms with Crippen LogP contribution in [0.1, 0.15) is 19.4 Å². The van der Waals surface area contributed by atoms with Crippen molar-refractivity contribution in [2.24, 2.45) is 0 Å². The lowest BCUT2D eigenvalue weighted by atomic mass is 9.97. The van der Waals surface area contributed by atoms with Crippen LogP contribution in [0.5, 0.6) is 11.5 Å². The number of hydrogen-bond donors (Lipinski definition) is 0. The Bertz CT molecular complexity index is 474. The highest BCUT2D eigenvalue weighted by atomic mass is 79.9. The van der Waals surface area contributed by atoms with Gasteiger partial charge >= 0.3 is 5.97 Å². The zero-order valence-electron chi connectivity index (χ0n) is 11.3. The average molecular weight is 335 g/mol. The third-order valence-corrected chi connectivity index (χ3v) is 3.29. The van der Waals surface area contributed by atoms with Crippen LogP contribution in [0.4, 0.5) is 4.39 Å². The van der Waals surface area contributed by atoms with Crippen molar-refractivity contribution >= 4 is 21.9 Å². The first kappa shape index (κ1) is 15.8. The Hall–Kier alpha value is -1.30. The van der Waals surface area contributed by atoms with Gasteiger partial charge in [0.25, 0.3) is 0 Å².